The lowest BCUT2D eigenvalue weighted by atomic mass is 9.98. The highest BCUT2D eigenvalue weighted by Crippen LogP contribution is 2.24. The van der Waals surface area contributed by atoms with Crippen molar-refractivity contribution in [2.24, 2.45) is 11.7 Å². The molecule has 0 radical (unpaired) electrons. The van der Waals surface area contributed by atoms with Gasteiger partial charge >= 0.3 is 0 Å². The van der Waals surface area contributed by atoms with Gasteiger partial charge in [-0.15, -0.1) is 0 Å². The predicted octanol–water partition coefficient (Wildman–Crippen LogP) is 1.33. The fourth-order valence-electron chi connectivity index (χ4n) is 2.17. The van der Waals surface area contributed by atoms with E-state index >= 15 is 0 Å². The van der Waals surface area contributed by atoms with Crippen molar-refractivity contribution in [1.82, 2.24) is 9.78 Å². The first kappa shape index (κ1) is 10.6. The van der Waals surface area contributed by atoms with Crippen LogP contribution in [0.5, 0.6) is 0 Å². The van der Waals surface area contributed by atoms with Gasteiger partial charge in [-0.05, 0) is 31.7 Å². The molecular formula is C11H19N3O. The van der Waals surface area contributed by atoms with E-state index in [9.17, 15) is 0 Å². The summed E-state index contributed by atoms with van der Waals surface area (Å²) in [6.45, 7) is 4.73. The molecule has 1 aromatic heterocycles. The normalized spacial score (nSPS) is 23.2. The Balaban J connectivity index is 1.97. The topological polar surface area (TPSA) is 53.1 Å². The van der Waals surface area contributed by atoms with Gasteiger partial charge in [0.1, 0.15) is 0 Å². The third kappa shape index (κ3) is 2.38. The van der Waals surface area contributed by atoms with Gasteiger partial charge in [0, 0.05) is 32.0 Å². The Hall–Kier alpha value is -0.870. The Morgan fingerprint density at radius 3 is 3.27 bits per heavy atom. The summed E-state index contributed by atoms with van der Waals surface area (Å²) in [6.07, 6.45) is 3.98. The summed E-state index contributed by atoms with van der Waals surface area (Å²) >= 11 is 0. The molecule has 0 spiro atoms. The van der Waals surface area contributed by atoms with Crippen LogP contribution in [0.1, 0.15) is 31.5 Å². The zero-order chi connectivity index (χ0) is 10.7. The molecule has 2 heterocycles. The number of aryl methyl sites for hydroxylation is 1. The lowest BCUT2D eigenvalue weighted by molar-refractivity contribution is 0.182. The molecule has 1 aliphatic heterocycles. The van der Waals surface area contributed by atoms with Gasteiger partial charge in [0.25, 0.3) is 0 Å². The summed E-state index contributed by atoms with van der Waals surface area (Å²) in [5.74, 6) is 0.625. The first-order valence-electron chi connectivity index (χ1n) is 5.66. The van der Waals surface area contributed by atoms with Gasteiger partial charge in [-0.25, -0.2) is 0 Å². The molecule has 2 atom stereocenters. The van der Waals surface area contributed by atoms with Gasteiger partial charge in [0.05, 0.1) is 5.69 Å². The van der Waals surface area contributed by atoms with E-state index in [-0.39, 0.29) is 6.04 Å². The Bertz CT molecular complexity index is 305. The molecule has 1 aliphatic rings. The molecule has 15 heavy (non-hydrogen) atoms. The van der Waals surface area contributed by atoms with Crippen molar-refractivity contribution in [3.63, 3.8) is 0 Å². The SMILES string of the molecule is CCn1nccc1C(N)CC1CCOC1. The molecule has 2 rings (SSSR count). The fraction of sp³-hybridized carbons (Fsp3) is 0.727. The van der Waals surface area contributed by atoms with E-state index in [1.807, 2.05) is 16.9 Å². The molecule has 2 unspecified atom stereocenters. The smallest absolute Gasteiger partial charge is 0.0551 e. The molecular weight excluding hydrogens is 190 g/mol. The van der Waals surface area contributed by atoms with E-state index in [1.54, 1.807) is 0 Å². The predicted molar refractivity (Wildman–Crippen MR) is 58.4 cm³/mol. The van der Waals surface area contributed by atoms with Crippen molar-refractivity contribution < 1.29 is 4.74 Å². The van der Waals surface area contributed by atoms with Gasteiger partial charge in [-0.2, -0.15) is 5.10 Å². The number of nitrogens with two attached hydrogens (primary N) is 1. The minimum absolute atomic E-state index is 0.0964. The van der Waals surface area contributed by atoms with Crippen molar-refractivity contribution >= 4 is 0 Å². The molecule has 0 bridgehead atoms. The van der Waals surface area contributed by atoms with E-state index in [0.717, 1.165) is 38.3 Å². The second-order valence-corrected chi connectivity index (χ2v) is 4.14. The van der Waals surface area contributed by atoms with Crippen LogP contribution < -0.4 is 5.73 Å². The van der Waals surface area contributed by atoms with Crippen molar-refractivity contribution in [2.75, 3.05) is 13.2 Å². The Morgan fingerprint density at radius 1 is 1.73 bits per heavy atom. The quantitative estimate of drug-likeness (QED) is 0.814. The first-order chi connectivity index (χ1) is 7.31. The highest BCUT2D eigenvalue weighted by molar-refractivity contribution is 5.06. The summed E-state index contributed by atoms with van der Waals surface area (Å²) in [6, 6.07) is 2.11. The van der Waals surface area contributed by atoms with Gasteiger partial charge in [-0.3, -0.25) is 4.68 Å². The van der Waals surface area contributed by atoms with Crippen LogP contribution in [0.3, 0.4) is 0 Å². The minimum atomic E-state index is 0.0964. The van der Waals surface area contributed by atoms with Crippen LogP contribution in [0.4, 0.5) is 0 Å². The van der Waals surface area contributed by atoms with E-state index in [4.69, 9.17) is 10.5 Å². The van der Waals surface area contributed by atoms with Crippen molar-refractivity contribution in [3.05, 3.63) is 18.0 Å². The highest BCUT2D eigenvalue weighted by atomic mass is 16.5. The van der Waals surface area contributed by atoms with Crippen LogP contribution >= 0.6 is 0 Å². The monoisotopic (exact) mass is 209 g/mol. The van der Waals surface area contributed by atoms with Gasteiger partial charge in [0.2, 0.25) is 0 Å². The zero-order valence-corrected chi connectivity index (χ0v) is 9.22. The van der Waals surface area contributed by atoms with Crippen LogP contribution in [-0.2, 0) is 11.3 Å². The highest BCUT2D eigenvalue weighted by Gasteiger charge is 2.21. The number of nitrogens with zero attached hydrogens (tertiary/aromatic N) is 2. The molecule has 0 saturated carbocycles. The molecule has 1 fully saturated rings. The average molecular weight is 209 g/mol. The Morgan fingerprint density at radius 2 is 2.60 bits per heavy atom. The van der Waals surface area contributed by atoms with Crippen LogP contribution in [0.25, 0.3) is 0 Å². The number of ether oxygens (including phenoxy) is 1. The molecule has 84 valence electrons. The molecule has 4 heteroatoms. The molecule has 2 N–H and O–H groups in total. The lowest BCUT2D eigenvalue weighted by Gasteiger charge is -2.16. The van der Waals surface area contributed by atoms with E-state index < -0.39 is 0 Å². The summed E-state index contributed by atoms with van der Waals surface area (Å²) in [7, 11) is 0. The molecule has 0 amide bonds. The van der Waals surface area contributed by atoms with Gasteiger partial charge in [0.15, 0.2) is 0 Å². The fourth-order valence-corrected chi connectivity index (χ4v) is 2.17. The minimum Gasteiger partial charge on any atom is -0.381 e. The molecule has 4 nitrogen and oxygen atoms in total. The zero-order valence-electron chi connectivity index (χ0n) is 9.22. The van der Waals surface area contributed by atoms with Crippen LogP contribution in [0.15, 0.2) is 12.3 Å². The van der Waals surface area contributed by atoms with E-state index in [0.29, 0.717) is 5.92 Å². The van der Waals surface area contributed by atoms with E-state index in [2.05, 4.69) is 12.0 Å². The summed E-state index contributed by atoms with van der Waals surface area (Å²) in [5.41, 5.74) is 7.32. The number of hydrogen-bond donors (Lipinski definition) is 1. The van der Waals surface area contributed by atoms with Crippen LogP contribution in [0.2, 0.25) is 0 Å². The summed E-state index contributed by atoms with van der Waals surface area (Å²) < 4.78 is 7.33. The lowest BCUT2D eigenvalue weighted by Crippen LogP contribution is -2.19. The van der Waals surface area contributed by atoms with Crippen molar-refractivity contribution in [1.29, 1.82) is 0 Å². The van der Waals surface area contributed by atoms with Crippen LogP contribution in [-0.4, -0.2) is 23.0 Å². The molecule has 0 aromatic carbocycles. The second-order valence-electron chi connectivity index (χ2n) is 4.14. The maximum Gasteiger partial charge on any atom is 0.0551 e. The third-order valence-electron chi connectivity index (χ3n) is 3.04. The maximum absolute atomic E-state index is 6.18. The maximum atomic E-state index is 6.18. The first-order valence-corrected chi connectivity index (χ1v) is 5.66. The summed E-state index contributed by atoms with van der Waals surface area (Å²) in [5, 5.41) is 4.24. The molecule has 1 aromatic rings. The Labute approximate surface area is 90.4 Å². The van der Waals surface area contributed by atoms with E-state index in [1.165, 1.54) is 0 Å². The average Bonchev–Trinajstić information content (AvgIpc) is 2.86. The molecule has 1 saturated heterocycles. The number of aromatic nitrogens is 2. The summed E-state index contributed by atoms with van der Waals surface area (Å²) in [4.78, 5) is 0. The third-order valence-corrected chi connectivity index (χ3v) is 3.04. The largest absolute Gasteiger partial charge is 0.381 e. The standard InChI is InChI=1S/C11H19N3O/c1-2-14-11(3-5-13-14)10(12)7-9-4-6-15-8-9/h3,5,9-10H,2,4,6-8,12H2,1H3. The van der Waals surface area contributed by atoms with Crippen molar-refractivity contribution in [3.8, 4) is 0 Å². The van der Waals surface area contributed by atoms with Crippen LogP contribution in [0, 0.1) is 5.92 Å². The van der Waals surface area contributed by atoms with Crippen molar-refractivity contribution in [2.45, 2.75) is 32.4 Å². The van der Waals surface area contributed by atoms with Gasteiger partial charge in [-0.1, -0.05) is 0 Å². The van der Waals surface area contributed by atoms with Gasteiger partial charge < -0.3 is 10.5 Å². The second kappa shape index (κ2) is 4.77. The molecule has 0 aliphatic carbocycles. The Kier molecular flexibility index (Phi) is 3.38. The number of rotatable bonds is 4. The number of hydrogen-bond acceptors (Lipinski definition) is 3.